The van der Waals surface area contributed by atoms with Gasteiger partial charge in [-0.05, 0) is 48.5 Å². The lowest BCUT2D eigenvalue weighted by atomic mass is 10.2. The molecule has 2 heterocycles. The van der Waals surface area contributed by atoms with E-state index in [1.165, 1.54) is 11.8 Å². The van der Waals surface area contributed by atoms with E-state index in [-0.39, 0.29) is 23.1 Å². The van der Waals surface area contributed by atoms with Crippen LogP contribution in [0.2, 0.25) is 0 Å². The number of amides is 1. The van der Waals surface area contributed by atoms with E-state index in [4.69, 9.17) is 0 Å². The first-order valence-electron chi connectivity index (χ1n) is 10.9. The summed E-state index contributed by atoms with van der Waals surface area (Å²) < 4.78 is 5.71. The number of nitrogens with one attached hydrogen (secondary N) is 1. The molecule has 5 rings (SSSR count). The van der Waals surface area contributed by atoms with E-state index in [0.717, 1.165) is 21.2 Å². The summed E-state index contributed by atoms with van der Waals surface area (Å²) in [5, 5.41) is 22.5. The van der Waals surface area contributed by atoms with E-state index in [2.05, 4.69) is 31.4 Å². The molecule has 0 unspecified atom stereocenters. The maximum atomic E-state index is 12.8. The summed E-state index contributed by atoms with van der Waals surface area (Å²) in [4.78, 5) is 25.0. The van der Waals surface area contributed by atoms with Crippen molar-refractivity contribution in [2.45, 2.75) is 5.16 Å². The summed E-state index contributed by atoms with van der Waals surface area (Å²) >= 11 is 4.67. The van der Waals surface area contributed by atoms with Crippen molar-refractivity contribution in [3.63, 3.8) is 0 Å². The van der Waals surface area contributed by atoms with Crippen molar-refractivity contribution in [2.75, 3.05) is 11.1 Å². The predicted octanol–water partition coefficient (Wildman–Crippen LogP) is 4.32. The van der Waals surface area contributed by atoms with Gasteiger partial charge in [0.25, 0.3) is 0 Å². The quantitative estimate of drug-likeness (QED) is 0.297. The van der Waals surface area contributed by atoms with Gasteiger partial charge in [0, 0.05) is 29.9 Å². The van der Waals surface area contributed by atoms with Crippen LogP contribution in [0.4, 0.5) is 5.69 Å². The number of aromatic nitrogens is 5. The highest BCUT2D eigenvalue weighted by Gasteiger charge is 2.20. The standard InChI is InChI=1S/C25H21BrN6O3S/c1-30-19-10-9-16(13-20(19)31(2)25(30)35)27-22(34)14-36-24-29-28-23(18-12-15(26)8-11-21(18)33)32(24)17-6-4-3-5-7-17/h3-13,33H,14H2,1-2H3,(H,27,34). The number of aromatic hydroxyl groups is 1. The number of aryl methyl sites for hydroxylation is 2. The first-order chi connectivity index (χ1) is 17.3. The van der Waals surface area contributed by atoms with Crippen LogP contribution in [0, 0.1) is 0 Å². The molecule has 2 N–H and O–H groups in total. The number of benzene rings is 3. The summed E-state index contributed by atoms with van der Waals surface area (Å²) in [6.45, 7) is 0. The second kappa shape index (κ2) is 9.67. The number of carbonyl (C=O) groups excluding carboxylic acids is 1. The van der Waals surface area contributed by atoms with Crippen molar-refractivity contribution in [3.8, 4) is 22.8 Å². The Morgan fingerprint density at radius 2 is 1.75 bits per heavy atom. The Labute approximate surface area is 218 Å². The van der Waals surface area contributed by atoms with E-state index in [9.17, 15) is 14.7 Å². The van der Waals surface area contributed by atoms with Gasteiger partial charge in [-0.3, -0.25) is 18.5 Å². The number of nitrogens with zero attached hydrogens (tertiary/aromatic N) is 5. The number of carbonyl (C=O) groups is 1. The van der Waals surface area contributed by atoms with E-state index in [0.29, 0.717) is 22.2 Å². The fourth-order valence-corrected chi connectivity index (χ4v) is 5.06. The van der Waals surface area contributed by atoms with Crippen molar-refractivity contribution < 1.29 is 9.90 Å². The molecule has 2 aromatic heterocycles. The summed E-state index contributed by atoms with van der Waals surface area (Å²) in [5.74, 6) is 0.386. The van der Waals surface area contributed by atoms with E-state index < -0.39 is 0 Å². The van der Waals surface area contributed by atoms with Crippen molar-refractivity contribution in [3.05, 3.63) is 81.7 Å². The van der Waals surface area contributed by atoms with Gasteiger partial charge in [0.1, 0.15) is 5.75 Å². The van der Waals surface area contributed by atoms with Gasteiger partial charge in [0.15, 0.2) is 11.0 Å². The Balaban J connectivity index is 1.41. The van der Waals surface area contributed by atoms with Gasteiger partial charge in [-0.1, -0.05) is 45.9 Å². The Kier molecular flexibility index (Phi) is 6.42. The largest absolute Gasteiger partial charge is 0.507 e. The highest BCUT2D eigenvalue weighted by atomic mass is 79.9. The van der Waals surface area contributed by atoms with Crippen LogP contribution >= 0.6 is 27.7 Å². The van der Waals surface area contributed by atoms with E-state index in [1.54, 1.807) is 53.6 Å². The molecule has 182 valence electrons. The third-order valence-corrected chi connectivity index (χ3v) is 7.16. The Bertz CT molecular complexity index is 1660. The minimum atomic E-state index is -0.227. The molecule has 0 spiro atoms. The molecule has 1 amide bonds. The number of anilines is 1. The monoisotopic (exact) mass is 564 g/mol. The van der Waals surface area contributed by atoms with Gasteiger partial charge in [0.2, 0.25) is 5.91 Å². The van der Waals surface area contributed by atoms with Crippen LogP contribution in [0.15, 0.2) is 81.2 Å². The number of para-hydroxylation sites is 1. The molecule has 11 heteroatoms. The zero-order valence-electron chi connectivity index (χ0n) is 19.3. The molecule has 0 aliphatic carbocycles. The maximum Gasteiger partial charge on any atom is 0.328 e. The third-order valence-electron chi connectivity index (χ3n) is 5.74. The van der Waals surface area contributed by atoms with E-state index in [1.807, 2.05) is 41.0 Å². The van der Waals surface area contributed by atoms with E-state index >= 15 is 0 Å². The molecule has 0 aliphatic rings. The number of thioether (sulfide) groups is 1. The average Bonchev–Trinajstić information content (AvgIpc) is 3.40. The Hall–Kier alpha value is -3.83. The molecular weight excluding hydrogens is 544 g/mol. The minimum Gasteiger partial charge on any atom is -0.507 e. The fourth-order valence-electron chi connectivity index (χ4n) is 3.95. The molecule has 0 radical (unpaired) electrons. The van der Waals surface area contributed by atoms with Gasteiger partial charge < -0.3 is 10.4 Å². The number of halogens is 1. The molecule has 0 fully saturated rings. The molecule has 0 aliphatic heterocycles. The van der Waals surface area contributed by atoms with Crippen LogP contribution in [0.5, 0.6) is 5.75 Å². The predicted molar refractivity (Wildman–Crippen MR) is 144 cm³/mol. The molecule has 3 aromatic carbocycles. The zero-order valence-corrected chi connectivity index (χ0v) is 21.7. The van der Waals surface area contributed by atoms with Gasteiger partial charge >= 0.3 is 5.69 Å². The lowest BCUT2D eigenvalue weighted by Gasteiger charge is -2.11. The highest BCUT2D eigenvalue weighted by molar-refractivity contribution is 9.10. The number of fused-ring (bicyclic) bond motifs is 1. The molecule has 5 aromatic rings. The van der Waals surface area contributed by atoms with Gasteiger partial charge in [-0.15, -0.1) is 10.2 Å². The number of imidazole rings is 1. The summed E-state index contributed by atoms with van der Waals surface area (Å²) in [5.41, 5.74) is 3.30. The third kappa shape index (κ3) is 4.42. The van der Waals surface area contributed by atoms with Crippen LogP contribution in [-0.4, -0.2) is 40.7 Å². The maximum absolute atomic E-state index is 12.8. The molecule has 0 atom stereocenters. The lowest BCUT2D eigenvalue weighted by molar-refractivity contribution is -0.113. The second-order valence-corrected chi connectivity index (χ2v) is 9.94. The van der Waals surface area contributed by atoms with Crippen LogP contribution in [0.1, 0.15) is 0 Å². The topological polar surface area (TPSA) is 107 Å². The number of phenols is 1. The SMILES string of the molecule is Cn1c(=O)n(C)c2cc(NC(=O)CSc3nnc(-c4cc(Br)ccc4O)n3-c3ccccc3)ccc21. The molecule has 0 saturated carbocycles. The molecule has 0 bridgehead atoms. The van der Waals surface area contributed by atoms with Crippen LogP contribution in [-0.2, 0) is 18.9 Å². The summed E-state index contributed by atoms with van der Waals surface area (Å²) in [6.07, 6.45) is 0. The zero-order chi connectivity index (χ0) is 25.4. The number of phenolic OH excluding ortho intramolecular Hbond substituents is 1. The molecular formula is C25H21BrN6O3S. The van der Waals surface area contributed by atoms with Gasteiger partial charge in [0.05, 0.1) is 22.3 Å². The summed E-state index contributed by atoms with van der Waals surface area (Å²) in [6, 6.07) is 20.0. The first kappa shape index (κ1) is 23.9. The Morgan fingerprint density at radius 1 is 1.00 bits per heavy atom. The molecule has 9 nitrogen and oxygen atoms in total. The van der Waals surface area contributed by atoms with Gasteiger partial charge in [-0.25, -0.2) is 4.79 Å². The van der Waals surface area contributed by atoms with Crippen LogP contribution < -0.4 is 11.0 Å². The normalized spacial score (nSPS) is 11.2. The van der Waals surface area contributed by atoms with Crippen molar-refractivity contribution in [1.82, 2.24) is 23.9 Å². The van der Waals surface area contributed by atoms with Gasteiger partial charge in [-0.2, -0.15) is 0 Å². The Morgan fingerprint density at radius 3 is 2.53 bits per heavy atom. The van der Waals surface area contributed by atoms with Crippen LogP contribution in [0.3, 0.4) is 0 Å². The smallest absolute Gasteiger partial charge is 0.328 e. The fraction of sp³-hybridized carbons (Fsp3) is 0.120. The van der Waals surface area contributed by atoms with Crippen molar-refractivity contribution in [2.24, 2.45) is 14.1 Å². The first-order valence-corrected chi connectivity index (χ1v) is 12.7. The highest BCUT2D eigenvalue weighted by Crippen LogP contribution is 2.34. The average molecular weight is 565 g/mol. The number of rotatable bonds is 6. The van der Waals surface area contributed by atoms with Crippen molar-refractivity contribution >= 4 is 50.3 Å². The second-order valence-electron chi connectivity index (χ2n) is 8.08. The minimum absolute atomic E-state index is 0.0720. The number of hydrogen-bond donors (Lipinski definition) is 2. The summed E-state index contributed by atoms with van der Waals surface area (Å²) in [7, 11) is 3.41. The lowest BCUT2D eigenvalue weighted by Crippen LogP contribution is -2.19. The number of hydrogen-bond acceptors (Lipinski definition) is 6. The molecule has 0 saturated heterocycles. The van der Waals surface area contributed by atoms with Crippen molar-refractivity contribution in [1.29, 1.82) is 0 Å². The molecule has 36 heavy (non-hydrogen) atoms. The van der Waals surface area contributed by atoms with Crippen LogP contribution in [0.25, 0.3) is 28.1 Å².